The van der Waals surface area contributed by atoms with Crippen molar-refractivity contribution in [2.24, 2.45) is 0 Å². The fraction of sp³-hybridized carbons (Fsp3) is 0.364. The molecule has 5 heteroatoms. The quantitative estimate of drug-likeness (QED) is 0.170. The molecule has 0 amide bonds. The van der Waals surface area contributed by atoms with Crippen molar-refractivity contribution in [3.63, 3.8) is 0 Å². The van der Waals surface area contributed by atoms with Crippen LogP contribution < -0.4 is 0 Å². The molecule has 0 bridgehead atoms. The van der Waals surface area contributed by atoms with E-state index in [1.165, 1.54) is 0 Å². The predicted molar refractivity (Wildman–Crippen MR) is 58.8 cm³/mol. The molecule has 0 rings (SSSR count). The predicted octanol–water partition coefficient (Wildman–Crippen LogP) is 1.31. The molecular formula is C11H14N2O3. The van der Waals surface area contributed by atoms with Gasteiger partial charge in [0.05, 0.1) is 7.11 Å². The Bertz CT molecular complexity index is 363. The lowest BCUT2D eigenvalue weighted by atomic mass is 10.1. The first-order chi connectivity index (χ1) is 7.67. The molecular weight excluding hydrogens is 208 g/mol. The molecule has 0 heterocycles. The molecule has 0 spiro atoms. The van der Waals surface area contributed by atoms with Crippen LogP contribution in [0, 0.1) is 0 Å². The summed E-state index contributed by atoms with van der Waals surface area (Å²) in [5, 5.41) is 0. The number of hydrogen-bond donors (Lipinski definition) is 0. The Hall–Kier alpha value is -2.00. The number of nitrogens with zero attached hydrogens (tertiary/aromatic N) is 2. The van der Waals surface area contributed by atoms with E-state index < -0.39 is 17.5 Å². The van der Waals surface area contributed by atoms with E-state index in [1.807, 2.05) is 19.1 Å². The van der Waals surface area contributed by atoms with E-state index in [-0.39, 0.29) is 6.42 Å². The monoisotopic (exact) mass is 222 g/mol. The SMILES string of the molecule is CC=CC=CCCC(=O)C(=[N+]=[N-])C(=O)OC. The number of carbonyl (C=O) groups is 2. The highest BCUT2D eigenvalue weighted by molar-refractivity contribution is 6.62. The maximum atomic E-state index is 11.4. The third-order valence-corrected chi connectivity index (χ3v) is 1.72. The zero-order valence-corrected chi connectivity index (χ0v) is 9.34. The van der Waals surface area contributed by atoms with Crippen LogP contribution in [0.5, 0.6) is 0 Å². The average molecular weight is 222 g/mol. The van der Waals surface area contributed by atoms with Crippen molar-refractivity contribution in [1.29, 1.82) is 0 Å². The van der Waals surface area contributed by atoms with Gasteiger partial charge in [-0.3, -0.25) is 4.79 Å². The number of hydrogen-bond acceptors (Lipinski definition) is 3. The smallest absolute Gasteiger partial charge is 0.441 e. The van der Waals surface area contributed by atoms with Crippen LogP contribution in [-0.2, 0) is 14.3 Å². The van der Waals surface area contributed by atoms with Crippen LogP contribution in [0.1, 0.15) is 19.8 Å². The summed E-state index contributed by atoms with van der Waals surface area (Å²) in [6.07, 6.45) is 7.83. The summed E-state index contributed by atoms with van der Waals surface area (Å²) in [6.45, 7) is 1.88. The summed E-state index contributed by atoms with van der Waals surface area (Å²) in [6, 6.07) is 0. The van der Waals surface area contributed by atoms with Gasteiger partial charge in [0.15, 0.2) is 0 Å². The van der Waals surface area contributed by atoms with E-state index in [1.54, 1.807) is 12.2 Å². The van der Waals surface area contributed by atoms with Gasteiger partial charge in [0.1, 0.15) is 0 Å². The number of ketones is 1. The molecule has 0 aromatic heterocycles. The molecule has 16 heavy (non-hydrogen) atoms. The maximum absolute atomic E-state index is 11.4. The first-order valence-electron chi connectivity index (χ1n) is 4.78. The second-order valence-electron chi connectivity index (χ2n) is 2.86. The van der Waals surface area contributed by atoms with Crippen LogP contribution in [0.3, 0.4) is 0 Å². The molecule has 0 atom stereocenters. The molecule has 0 aliphatic carbocycles. The van der Waals surface area contributed by atoms with Crippen molar-refractivity contribution in [2.45, 2.75) is 19.8 Å². The molecule has 0 aromatic carbocycles. The molecule has 0 aromatic rings. The van der Waals surface area contributed by atoms with Crippen molar-refractivity contribution >= 4 is 17.5 Å². The minimum atomic E-state index is -0.926. The molecule has 0 N–H and O–H groups in total. The van der Waals surface area contributed by atoms with Gasteiger partial charge in [-0.15, -0.1) is 0 Å². The minimum Gasteiger partial charge on any atom is -0.460 e. The molecule has 0 aliphatic heterocycles. The Morgan fingerprint density at radius 1 is 1.38 bits per heavy atom. The number of ether oxygens (including phenoxy) is 1. The van der Waals surface area contributed by atoms with Gasteiger partial charge >= 0.3 is 11.7 Å². The van der Waals surface area contributed by atoms with Gasteiger partial charge in [-0.25, -0.2) is 4.79 Å². The number of esters is 1. The third-order valence-electron chi connectivity index (χ3n) is 1.72. The molecule has 0 radical (unpaired) electrons. The zero-order chi connectivity index (χ0) is 12.4. The van der Waals surface area contributed by atoms with Crippen LogP contribution in [0.15, 0.2) is 24.3 Å². The molecule has 0 saturated carbocycles. The Morgan fingerprint density at radius 3 is 2.56 bits per heavy atom. The highest BCUT2D eigenvalue weighted by Crippen LogP contribution is 1.96. The Morgan fingerprint density at radius 2 is 2.06 bits per heavy atom. The van der Waals surface area contributed by atoms with Gasteiger partial charge in [0.25, 0.3) is 5.78 Å². The summed E-state index contributed by atoms with van der Waals surface area (Å²) < 4.78 is 4.29. The lowest BCUT2D eigenvalue weighted by molar-refractivity contribution is -0.139. The topological polar surface area (TPSA) is 79.8 Å². The minimum absolute atomic E-state index is 0.0997. The van der Waals surface area contributed by atoms with Crippen molar-refractivity contribution in [3.8, 4) is 0 Å². The maximum Gasteiger partial charge on any atom is 0.441 e. The molecule has 86 valence electrons. The fourth-order valence-corrected chi connectivity index (χ4v) is 0.926. The first-order valence-corrected chi connectivity index (χ1v) is 4.78. The molecule has 0 unspecified atom stereocenters. The van der Waals surface area contributed by atoms with Crippen LogP contribution in [0.25, 0.3) is 5.53 Å². The third kappa shape index (κ3) is 5.02. The Labute approximate surface area is 94.0 Å². The number of Topliss-reactive ketones (excluding diaryl/α,β-unsaturated/α-hetero) is 1. The summed E-state index contributed by atoms with van der Waals surface area (Å²) in [4.78, 5) is 24.9. The molecule has 0 saturated heterocycles. The summed E-state index contributed by atoms with van der Waals surface area (Å²) in [5.41, 5.74) is 7.91. The van der Waals surface area contributed by atoms with Crippen molar-refractivity contribution in [3.05, 3.63) is 29.8 Å². The second-order valence-corrected chi connectivity index (χ2v) is 2.86. The van der Waals surface area contributed by atoms with Gasteiger partial charge in [-0.2, -0.15) is 4.79 Å². The van der Waals surface area contributed by atoms with Crippen LogP contribution in [-0.4, -0.2) is 29.4 Å². The Kier molecular flexibility index (Phi) is 7.28. The van der Waals surface area contributed by atoms with E-state index in [2.05, 4.69) is 9.53 Å². The highest BCUT2D eigenvalue weighted by atomic mass is 16.5. The number of carbonyl (C=O) groups excluding carboxylic acids is 2. The van der Waals surface area contributed by atoms with Gasteiger partial charge in [0, 0.05) is 6.42 Å². The number of methoxy groups -OCH3 is 1. The van der Waals surface area contributed by atoms with E-state index >= 15 is 0 Å². The van der Waals surface area contributed by atoms with Crippen LogP contribution in [0.2, 0.25) is 0 Å². The zero-order valence-electron chi connectivity index (χ0n) is 9.34. The van der Waals surface area contributed by atoms with E-state index in [9.17, 15) is 9.59 Å². The van der Waals surface area contributed by atoms with Crippen molar-refractivity contribution in [2.75, 3.05) is 7.11 Å². The summed E-state index contributed by atoms with van der Waals surface area (Å²) in [5.74, 6) is -1.47. The lowest BCUT2D eigenvalue weighted by Gasteiger charge is -1.92. The molecule has 0 aliphatic rings. The van der Waals surface area contributed by atoms with E-state index in [0.29, 0.717) is 6.42 Å². The van der Waals surface area contributed by atoms with Crippen LogP contribution >= 0.6 is 0 Å². The normalized spacial score (nSPS) is 10.4. The number of rotatable bonds is 6. The van der Waals surface area contributed by atoms with Gasteiger partial charge in [0.2, 0.25) is 0 Å². The van der Waals surface area contributed by atoms with Gasteiger partial charge < -0.3 is 10.3 Å². The van der Waals surface area contributed by atoms with Crippen molar-refractivity contribution in [1.82, 2.24) is 0 Å². The van der Waals surface area contributed by atoms with Gasteiger partial charge in [-0.05, 0) is 13.3 Å². The lowest BCUT2D eigenvalue weighted by Crippen LogP contribution is -2.26. The largest absolute Gasteiger partial charge is 0.460 e. The summed E-state index contributed by atoms with van der Waals surface area (Å²) in [7, 11) is 1.12. The van der Waals surface area contributed by atoms with Crippen LogP contribution in [0.4, 0.5) is 0 Å². The van der Waals surface area contributed by atoms with E-state index in [0.717, 1.165) is 7.11 Å². The second kappa shape index (κ2) is 8.32. The summed E-state index contributed by atoms with van der Waals surface area (Å²) >= 11 is 0. The number of allylic oxidation sites excluding steroid dienone is 4. The fourth-order valence-electron chi connectivity index (χ4n) is 0.926. The van der Waals surface area contributed by atoms with Crippen molar-refractivity contribution < 1.29 is 19.1 Å². The van der Waals surface area contributed by atoms with Gasteiger partial charge in [-0.1, -0.05) is 24.3 Å². The molecule has 0 fully saturated rings. The van der Waals surface area contributed by atoms with E-state index in [4.69, 9.17) is 5.53 Å². The highest BCUT2D eigenvalue weighted by Gasteiger charge is 2.29. The molecule has 5 nitrogen and oxygen atoms in total. The average Bonchev–Trinajstić information content (AvgIpc) is 2.29. The Balaban J connectivity index is 4.25. The first kappa shape index (κ1) is 14.0. The standard InChI is InChI=1S/C11H14N2O3/c1-3-4-5-6-7-8-9(14)10(13-12)11(15)16-2/h3-6H,7-8H2,1-2H3.